The van der Waals surface area contributed by atoms with Gasteiger partial charge in [-0.15, -0.1) is 11.3 Å². The molecule has 1 aliphatic rings. The molecule has 0 unspecified atom stereocenters. The predicted octanol–water partition coefficient (Wildman–Crippen LogP) is 3.46. The van der Waals surface area contributed by atoms with E-state index < -0.39 is 10.0 Å². The van der Waals surface area contributed by atoms with Gasteiger partial charge in [0.25, 0.3) is 15.9 Å². The van der Waals surface area contributed by atoms with Crippen LogP contribution in [-0.2, 0) is 16.4 Å². The summed E-state index contributed by atoms with van der Waals surface area (Å²) >= 11 is 1.22. The number of carbonyl (C=O) groups excluding carboxylic acids is 1. The standard InChI is InChI=1S/C19H17N3O3S2/c1-13-2-5-18(26-13)27(24,25)21-16-4-3-14-8-11-22(17(14)12-16)19(23)15-6-9-20-10-7-15/h2-7,9-10,12,21H,8,11H2,1H3. The van der Waals surface area contributed by atoms with Gasteiger partial charge in [-0.3, -0.25) is 14.5 Å². The minimum Gasteiger partial charge on any atom is -0.308 e. The van der Waals surface area contributed by atoms with E-state index in [-0.39, 0.29) is 10.1 Å². The minimum absolute atomic E-state index is 0.120. The molecule has 1 N–H and O–H groups in total. The normalized spacial score (nSPS) is 13.4. The van der Waals surface area contributed by atoms with Gasteiger partial charge in [0.15, 0.2) is 0 Å². The summed E-state index contributed by atoms with van der Waals surface area (Å²) in [6, 6.07) is 12.0. The highest BCUT2D eigenvalue weighted by atomic mass is 32.2. The van der Waals surface area contributed by atoms with Gasteiger partial charge in [0.05, 0.1) is 5.69 Å². The monoisotopic (exact) mass is 399 g/mol. The number of sulfonamides is 1. The molecular formula is C19H17N3O3S2. The smallest absolute Gasteiger partial charge is 0.271 e. The van der Waals surface area contributed by atoms with Crippen molar-refractivity contribution in [1.82, 2.24) is 4.98 Å². The van der Waals surface area contributed by atoms with E-state index in [9.17, 15) is 13.2 Å². The van der Waals surface area contributed by atoms with Gasteiger partial charge in [0, 0.05) is 35.1 Å². The molecule has 6 nitrogen and oxygen atoms in total. The molecule has 8 heteroatoms. The highest BCUT2D eigenvalue weighted by Crippen LogP contribution is 2.33. The van der Waals surface area contributed by atoms with Crippen LogP contribution in [0.25, 0.3) is 0 Å². The second-order valence-corrected chi connectivity index (χ2v) is 9.45. The first-order valence-electron chi connectivity index (χ1n) is 8.38. The fourth-order valence-corrected chi connectivity index (χ4v) is 5.40. The highest BCUT2D eigenvalue weighted by molar-refractivity contribution is 7.94. The molecule has 0 spiro atoms. The van der Waals surface area contributed by atoms with Crippen LogP contribution in [0.2, 0.25) is 0 Å². The zero-order valence-corrected chi connectivity index (χ0v) is 16.2. The summed E-state index contributed by atoms with van der Waals surface area (Å²) in [5.41, 5.74) is 2.75. The van der Waals surface area contributed by atoms with Gasteiger partial charge in [0.2, 0.25) is 0 Å². The first-order valence-corrected chi connectivity index (χ1v) is 10.7. The average molecular weight is 399 g/mol. The van der Waals surface area contributed by atoms with Crippen molar-refractivity contribution in [3.05, 3.63) is 70.9 Å². The van der Waals surface area contributed by atoms with E-state index >= 15 is 0 Å². The molecule has 0 saturated carbocycles. The predicted molar refractivity (Wildman–Crippen MR) is 106 cm³/mol. The first kappa shape index (κ1) is 17.7. The van der Waals surface area contributed by atoms with Crippen LogP contribution in [0.4, 0.5) is 11.4 Å². The molecule has 1 aromatic carbocycles. The van der Waals surface area contributed by atoms with Crippen molar-refractivity contribution in [3.8, 4) is 0 Å². The van der Waals surface area contributed by atoms with Crippen LogP contribution in [0.15, 0.2) is 59.1 Å². The number of thiophene rings is 1. The number of carbonyl (C=O) groups is 1. The maximum atomic E-state index is 12.8. The number of nitrogens with one attached hydrogen (secondary N) is 1. The van der Waals surface area contributed by atoms with Crippen LogP contribution in [0.5, 0.6) is 0 Å². The van der Waals surface area contributed by atoms with E-state index in [0.29, 0.717) is 17.8 Å². The van der Waals surface area contributed by atoms with Crippen molar-refractivity contribution in [2.24, 2.45) is 0 Å². The Bertz CT molecular complexity index is 1110. The lowest BCUT2D eigenvalue weighted by Crippen LogP contribution is -2.28. The van der Waals surface area contributed by atoms with Gasteiger partial charge < -0.3 is 4.90 Å². The number of pyridine rings is 1. The molecule has 1 amide bonds. The summed E-state index contributed by atoms with van der Waals surface area (Å²) in [5.74, 6) is -0.120. The van der Waals surface area contributed by atoms with Gasteiger partial charge >= 0.3 is 0 Å². The molecule has 0 atom stereocenters. The molecule has 4 rings (SSSR count). The van der Waals surface area contributed by atoms with Crippen molar-refractivity contribution >= 4 is 38.6 Å². The Balaban J connectivity index is 1.63. The van der Waals surface area contributed by atoms with Crippen LogP contribution in [0, 0.1) is 6.92 Å². The maximum absolute atomic E-state index is 12.8. The molecule has 0 radical (unpaired) electrons. The van der Waals surface area contributed by atoms with E-state index in [0.717, 1.165) is 22.5 Å². The molecule has 1 aliphatic heterocycles. The Hall–Kier alpha value is -2.71. The lowest BCUT2D eigenvalue weighted by Gasteiger charge is -2.18. The quantitative estimate of drug-likeness (QED) is 0.729. The largest absolute Gasteiger partial charge is 0.308 e. The molecule has 0 saturated heterocycles. The van der Waals surface area contributed by atoms with Crippen LogP contribution in [-0.4, -0.2) is 25.9 Å². The topological polar surface area (TPSA) is 79.4 Å². The molecule has 3 aromatic rings. The number of nitrogens with zero attached hydrogens (tertiary/aromatic N) is 2. The maximum Gasteiger partial charge on any atom is 0.271 e. The van der Waals surface area contributed by atoms with Crippen LogP contribution >= 0.6 is 11.3 Å². The third-order valence-corrected chi connectivity index (χ3v) is 7.26. The van der Waals surface area contributed by atoms with E-state index in [1.807, 2.05) is 13.0 Å². The fourth-order valence-electron chi connectivity index (χ4n) is 3.07. The number of aryl methyl sites for hydroxylation is 1. The Morgan fingerprint density at radius 2 is 1.93 bits per heavy atom. The Labute approximate surface area is 161 Å². The van der Waals surface area contributed by atoms with Crippen molar-refractivity contribution in [1.29, 1.82) is 0 Å². The van der Waals surface area contributed by atoms with Crippen LogP contribution < -0.4 is 9.62 Å². The summed E-state index contributed by atoms with van der Waals surface area (Å²) in [6.07, 6.45) is 3.90. The molecule has 0 aliphatic carbocycles. The van der Waals surface area contributed by atoms with E-state index in [4.69, 9.17) is 0 Å². The first-order chi connectivity index (χ1) is 12.9. The number of amides is 1. The van der Waals surface area contributed by atoms with E-state index in [2.05, 4.69) is 9.71 Å². The average Bonchev–Trinajstić information content (AvgIpc) is 3.28. The lowest BCUT2D eigenvalue weighted by atomic mass is 10.1. The highest BCUT2D eigenvalue weighted by Gasteiger charge is 2.26. The Kier molecular flexibility index (Phi) is 4.45. The van der Waals surface area contributed by atoms with Crippen molar-refractivity contribution in [3.63, 3.8) is 0 Å². The summed E-state index contributed by atoms with van der Waals surface area (Å²) in [7, 11) is -3.64. The summed E-state index contributed by atoms with van der Waals surface area (Å²) in [6.45, 7) is 2.43. The number of hydrogen-bond donors (Lipinski definition) is 1. The number of fused-ring (bicyclic) bond motifs is 1. The number of aromatic nitrogens is 1. The number of anilines is 2. The third-order valence-electron chi connectivity index (χ3n) is 4.39. The summed E-state index contributed by atoms with van der Waals surface area (Å²) in [4.78, 5) is 19.3. The number of benzene rings is 1. The molecule has 27 heavy (non-hydrogen) atoms. The zero-order chi connectivity index (χ0) is 19.0. The Morgan fingerprint density at radius 1 is 1.15 bits per heavy atom. The lowest BCUT2D eigenvalue weighted by molar-refractivity contribution is 0.0989. The molecular weight excluding hydrogens is 382 g/mol. The fraction of sp³-hybridized carbons (Fsp3) is 0.158. The van der Waals surface area contributed by atoms with E-state index in [1.165, 1.54) is 11.3 Å². The number of hydrogen-bond acceptors (Lipinski definition) is 5. The number of rotatable bonds is 4. The second-order valence-electron chi connectivity index (χ2n) is 6.26. The van der Waals surface area contributed by atoms with Crippen molar-refractivity contribution in [2.75, 3.05) is 16.2 Å². The molecule has 3 heterocycles. The van der Waals surface area contributed by atoms with Crippen LogP contribution in [0.3, 0.4) is 0 Å². The van der Waals surface area contributed by atoms with Gasteiger partial charge in [0.1, 0.15) is 4.21 Å². The Morgan fingerprint density at radius 3 is 2.63 bits per heavy atom. The zero-order valence-electron chi connectivity index (χ0n) is 14.5. The minimum atomic E-state index is -3.64. The molecule has 0 bridgehead atoms. The third kappa shape index (κ3) is 3.45. The molecule has 0 fully saturated rings. The van der Waals surface area contributed by atoms with Crippen LogP contribution in [0.1, 0.15) is 20.8 Å². The molecule has 138 valence electrons. The summed E-state index contributed by atoms with van der Waals surface area (Å²) < 4.78 is 28.0. The molecule has 2 aromatic heterocycles. The van der Waals surface area contributed by atoms with Crippen molar-refractivity contribution < 1.29 is 13.2 Å². The second kappa shape index (κ2) is 6.79. The van der Waals surface area contributed by atoms with Gasteiger partial charge in [-0.05, 0) is 55.3 Å². The van der Waals surface area contributed by atoms with Gasteiger partial charge in [-0.25, -0.2) is 8.42 Å². The summed E-state index contributed by atoms with van der Waals surface area (Å²) in [5, 5.41) is 0. The SMILES string of the molecule is Cc1ccc(S(=O)(=O)Nc2ccc3c(c2)N(C(=O)c2ccncc2)CC3)s1. The van der Waals surface area contributed by atoms with Gasteiger partial charge in [-0.1, -0.05) is 6.07 Å². The van der Waals surface area contributed by atoms with E-state index in [1.54, 1.807) is 53.7 Å². The van der Waals surface area contributed by atoms with Gasteiger partial charge in [-0.2, -0.15) is 0 Å². The van der Waals surface area contributed by atoms with Crippen molar-refractivity contribution in [2.45, 2.75) is 17.6 Å².